The van der Waals surface area contributed by atoms with Crippen molar-refractivity contribution in [1.29, 1.82) is 0 Å². The van der Waals surface area contributed by atoms with Crippen molar-refractivity contribution < 1.29 is 33.7 Å². The van der Waals surface area contributed by atoms with E-state index in [1.807, 2.05) is 0 Å². The fraction of sp³-hybridized carbons (Fsp3) is 0.889. The highest BCUT2D eigenvalue weighted by atomic mass is 16.7. The maximum absolute atomic E-state index is 13.7. The van der Waals surface area contributed by atoms with Crippen molar-refractivity contribution in [3.8, 4) is 0 Å². The first-order valence-corrected chi connectivity index (χ1v) is 13.2. The van der Waals surface area contributed by atoms with E-state index < -0.39 is 47.6 Å². The molecule has 0 aromatic carbocycles. The lowest BCUT2D eigenvalue weighted by Gasteiger charge is -2.39. The molecule has 0 aromatic rings. The molecule has 0 radical (unpaired) electrons. The molecule has 3 rings (SSSR count). The van der Waals surface area contributed by atoms with Crippen LogP contribution in [0.2, 0.25) is 0 Å². The van der Waals surface area contributed by atoms with E-state index in [0.29, 0.717) is 5.92 Å². The molecule has 194 valence electrons. The highest BCUT2D eigenvalue weighted by molar-refractivity contribution is 5.87. The van der Waals surface area contributed by atoms with Crippen LogP contribution in [0.4, 0.5) is 0 Å². The number of aliphatic carboxylic acids is 1. The zero-order chi connectivity index (χ0) is 25.2. The largest absolute Gasteiger partial charge is 0.481 e. The van der Waals surface area contributed by atoms with Crippen LogP contribution in [0.1, 0.15) is 92.9 Å². The monoisotopic (exact) mass is 480 g/mol. The number of carbonyl (C=O) groups is 3. The van der Waals surface area contributed by atoms with E-state index in [2.05, 4.69) is 6.92 Å². The Labute approximate surface area is 204 Å². The van der Waals surface area contributed by atoms with Gasteiger partial charge in [0.25, 0.3) is 0 Å². The van der Waals surface area contributed by atoms with Crippen LogP contribution in [-0.2, 0) is 28.6 Å². The van der Waals surface area contributed by atoms with Crippen molar-refractivity contribution in [2.45, 2.75) is 111 Å². The number of hydrogen-bond acceptors (Lipinski definition) is 6. The quantitative estimate of drug-likeness (QED) is 0.357. The Morgan fingerprint density at radius 1 is 0.912 bits per heavy atom. The first-order valence-electron chi connectivity index (χ1n) is 13.2. The second kappa shape index (κ2) is 11.0. The Balaban J connectivity index is 1.88. The molecule has 0 aromatic heterocycles. The summed E-state index contributed by atoms with van der Waals surface area (Å²) in [7, 11) is 0. The minimum atomic E-state index is -1.11. The van der Waals surface area contributed by atoms with E-state index in [1.165, 1.54) is 13.3 Å². The van der Waals surface area contributed by atoms with Crippen molar-refractivity contribution in [2.24, 2.45) is 41.4 Å². The van der Waals surface area contributed by atoms with Gasteiger partial charge in [-0.05, 0) is 83.5 Å². The third-order valence-electron chi connectivity index (χ3n) is 8.31. The van der Waals surface area contributed by atoms with Gasteiger partial charge in [-0.1, -0.05) is 33.1 Å². The fourth-order valence-electron chi connectivity index (χ4n) is 6.71. The van der Waals surface area contributed by atoms with Gasteiger partial charge in [-0.15, -0.1) is 0 Å². The van der Waals surface area contributed by atoms with Crippen molar-refractivity contribution in [1.82, 2.24) is 0 Å². The standard InChI is InChI=1S/C27H44O7/c1-15-18-12-13-19(14-18)21(15)23(22(16(2)24(28)29)26(31)34-27(4,5)6)25(30)33-17(3)32-20-10-8-7-9-11-20/h15-23H,7-14H2,1-6H3,(H,28,29). The lowest BCUT2D eigenvalue weighted by molar-refractivity contribution is -0.201. The third-order valence-corrected chi connectivity index (χ3v) is 8.31. The summed E-state index contributed by atoms with van der Waals surface area (Å²) < 4.78 is 17.5. The summed E-state index contributed by atoms with van der Waals surface area (Å²) in [5.74, 6) is -4.44. The zero-order valence-electron chi connectivity index (χ0n) is 21.7. The van der Waals surface area contributed by atoms with Crippen molar-refractivity contribution in [2.75, 3.05) is 0 Å². The number of carboxylic acid groups (broad SMARTS) is 1. The molecule has 0 spiro atoms. The van der Waals surface area contributed by atoms with Crippen LogP contribution in [0.5, 0.6) is 0 Å². The molecule has 8 unspecified atom stereocenters. The lowest BCUT2D eigenvalue weighted by atomic mass is 9.66. The van der Waals surface area contributed by atoms with Crippen LogP contribution in [0.25, 0.3) is 0 Å². The molecule has 0 heterocycles. The van der Waals surface area contributed by atoms with E-state index in [0.717, 1.165) is 44.9 Å². The van der Waals surface area contributed by atoms with Crippen molar-refractivity contribution in [3.05, 3.63) is 0 Å². The average molecular weight is 481 g/mol. The Kier molecular flexibility index (Phi) is 8.70. The number of rotatable bonds is 9. The smallest absolute Gasteiger partial charge is 0.312 e. The molecule has 0 aliphatic heterocycles. The van der Waals surface area contributed by atoms with E-state index in [1.54, 1.807) is 27.7 Å². The van der Waals surface area contributed by atoms with Crippen molar-refractivity contribution >= 4 is 17.9 Å². The molecule has 3 aliphatic rings. The molecule has 3 saturated carbocycles. The summed E-state index contributed by atoms with van der Waals surface area (Å²) in [6.45, 7) is 10.6. The normalized spacial score (nSPS) is 30.9. The Morgan fingerprint density at radius 3 is 2.06 bits per heavy atom. The summed E-state index contributed by atoms with van der Waals surface area (Å²) in [6.07, 6.45) is 7.77. The molecule has 8 atom stereocenters. The topological polar surface area (TPSA) is 99.1 Å². The molecule has 0 amide bonds. The molecule has 1 N–H and O–H groups in total. The maximum Gasteiger partial charge on any atom is 0.312 e. The summed E-state index contributed by atoms with van der Waals surface area (Å²) in [6, 6.07) is 0. The van der Waals surface area contributed by atoms with Gasteiger partial charge in [0.2, 0.25) is 0 Å². The number of esters is 2. The average Bonchev–Trinajstić information content (AvgIpc) is 3.32. The molecule has 3 aliphatic carbocycles. The second-order valence-electron chi connectivity index (χ2n) is 11.9. The van der Waals surface area contributed by atoms with Gasteiger partial charge in [-0.2, -0.15) is 0 Å². The SMILES string of the molecule is CC(OC(=O)C(C(C(=O)OC(C)(C)C)C(C)C(=O)O)C1C2CCC(C2)C1C)OC1CCCCC1. The Bertz CT molecular complexity index is 734. The summed E-state index contributed by atoms with van der Waals surface area (Å²) >= 11 is 0. The second-order valence-corrected chi connectivity index (χ2v) is 11.9. The molecule has 34 heavy (non-hydrogen) atoms. The van der Waals surface area contributed by atoms with Crippen LogP contribution in [-0.4, -0.2) is 41.0 Å². The summed E-state index contributed by atoms with van der Waals surface area (Å²) in [5.41, 5.74) is -0.792. The number of carboxylic acids is 1. The zero-order valence-corrected chi connectivity index (χ0v) is 21.7. The van der Waals surface area contributed by atoms with Crippen LogP contribution < -0.4 is 0 Å². The van der Waals surface area contributed by atoms with E-state index >= 15 is 0 Å². The van der Waals surface area contributed by atoms with Gasteiger partial charge in [0.15, 0.2) is 6.29 Å². The molecule has 0 saturated heterocycles. The molecule has 3 fully saturated rings. The Morgan fingerprint density at radius 2 is 1.53 bits per heavy atom. The predicted octanol–water partition coefficient (Wildman–Crippen LogP) is 5.20. The van der Waals surface area contributed by atoms with Gasteiger partial charge in [0, 0.05) is 0 Å². The highest BCUT2D eigenvalue weighted by Gasteiger charge is 2.56. The first kappa shape index (κ1) is 27.0. The molecule has 7 heteroatoms. The molecule has 2 bridgehead atoms. The first-order chi connectivity index (χ1) is 15.9. The van der Waals surface area contributed by atoms with E-state index in [-0.39, 0.29) is 23.9 Å². The minimum Gasteiger partial charge on any atom is -0.481 e. The number of hydrogen-bond donors (Lipinski definition) is 1. The molecular formula is C27H44O7. The summed E-state index contributed by atoms with van der Waals surface area (Å²) in [5, 5.41) is 9.88. The van der Waals surface area contributed by atoms with Crippen molar-refractivity contribution in [3.63, 3.8) is 0 Å². The van der Waals surface area contributed by atoms with Gasteiger partial charge in [0.1, 0.15) is 5.60 Å². The van der Waals surface area contributed by atoms with Gasteiger partial charge in [0.05, 0.1) is 23.9 Å². The van der Waals surface area contributed by atoms with Gasteiger partial charge < -0.3 is 19.3 Å². The van der Waals surface area contributed by atoms with Gasteiger partial charge >= 0.3 is 17.9 Å². The van der Waals surface area contributed by atoms with E-state index in [9.17, 15) is 19.5 Å². The van der Waals surface area contributed by atoms with Gasteiger partial charge in [-0.25, -0.2) is 0 Å². The molecule has 7 nitrogen and oxygen atoms in total. The summed E-state index contributed by atoms with van der Waals surface area (Å²) in [4.78, 5) is 39.2. The third kappa shape index (κ3) is 6.32. The van der Waals surface area contributed by atoms with E-state index in [4.69, 9.17) is 14.2 Å². The minimum absolute atomic E-state index is 0.0658. The van der Waals surface area contributed by atoms with Crippen LogP contribution >= 0.6 is 0 Å². The number of fused-ring (bicyclic) bond motifs is 2. The number of ether oxygens (including phenoxy) is 3. The Hall–Kier alpha value is -1.63. The number of carbonyl (C=O) groups excluding carboxylic acids is 2. The van der Waals surface area contributed by atoms with Crippen LogP contribution in [0.3, 0.4) is 0 Å². The highest BCUT2D eigenvalue weighted by Crippen LogP contribution is 2.56. The maximum atomic E-state index is 13.7. The lowest BCUT2D eigenvalue weighted by Crippen LogP contribution is -2.48. The molecular weight excluding hydrogens is 436 g/mol. The fourth-order valence-corrected chi connectivity index (χ4v) is 6.71. The van der Waals surface area contributed by atoms with Crippen LogP contribution in [0, 0.1) is 41.4 Å². The van der Waals surface area contributed by atoms with Crippen LogP contribution in [0.15, 0.2) is 0 Å². The predicted molar refractivity (Wildman–Crippen MR) is 127 cm³/mol. The van der Waals surface area contributed by atoms with Gasteiger partial charge in [-0.3, -0.25) is 14.4 Å².